The average molecular weight is 1080 g/mol. The van der Waals surface area contributed by atoms with Crippen LogP contribution < -0.4 is 26.6 Å². The Balaban J connectivity index is 0.000000671. The molecule has 0 aliphatic rings. The number of halogens is 24. The molecule has 28 heteroatoms. The molecular weight excluding hydrogens is 1050 g/mol. The van der Waals surface area contributed by atoms with Gasteiger partial charge in [-0.25, -0.2) is 0 Å². The van der Waals surface area contributed by atoms with E-state index in [9.17, 15) is 110 Å². The molecule has 0 fully saturated rings. The van der Waals surface area contributed by atoms with Crippen molar-refractivity contribution in [3.63, 3.8) is 0 Å². The van der Waals surface area contributed by atoms with Crippen molar-refractivity contribution in [3.8, 4) is 5.75 Å². The minimum absolute atomic E-state index is 0.638. The molecule has 0 saturated heterocycles. The first kappa shape index (κ1) is 58.0. The van der Waals surface area contributed by atoms with Crippen molar-refractivity contribution in [1.82, 2.24) is 0 Å². The highest BCUT2D eigenvalue weighted by Gasteiger charge is 2.47. The van der Waals surface area contributed by atoms with Crippen molar-refractivity contribution < 1.29 is 114 Å². The van der Waals surface area contributed by atoms with Gasteiger partial charge in [0, 0.05) is 5.56 Å². The van der Waals surface area contributed by atoms with E-state index in [-0.39, 0.29) is 0 Å². The maximum absolute atomic E-state index is 14.2. The van der Waals surface area contributed by atoms with E-state index in [0.717, 1.165) is 11.3 Å². The molecule has 0 N–H and O–H groups in total. The van der Waals surface area contributed by atoms with Crippen LogP contribution in [0.3, 0.4) is 0 Å². The van der Waals surface area contributed by atoms with Gasteiger partial charge in [0.15, 0.2) is 0 Å². The zero-order valence-corrected chi connectivity index (χ0v) is 36.3. The Kier molecular flexibility index (Phi) is 15.9. The predicted molar refractivity (Wildman–Crippen MR) is 211 cm³/mol. The second-order valence-electron chi connectivity index (χ2n) is 15.9. The van der Waals surface area contributed by atoms with Gasteiger partial charge in [0.1, 0.15) is 30.2 Å². The molecule has 0 amide bonds. The summed E-state index contributed by atoms with van der Waals surface area (Å²) in [4.78, 5) is 0. The molecule has 0 saturated carbocycles. The summed E-state index contributed by atoms with van der Waals surface area (Å²) in [5.41, 5.74) is -29.1. The number of ether oxygens (including phenoxy) is 1. The molecular formula is C43H29BF24O2S. The highest BCUT2D eigenvalue weighted by Crippen LogP contribution is 2.41. The summed E-state index contributed by atoms with van der Waals surface area (Å²) in [7, 11) is -1.69. The van der Waals surface area contributed by atoms with E-state index in [0.29, 0.717) is 12.4 Å². The first-order valence-corrected chi connectivity index (χ1v) is 21.8. The highest BCUT2D eigenvalue weighted by molar-refractivity contribution is 8.00. The lowest BCUT2D eigenvalue weighted by molar-refractivity contribution is -0.144. The van der Waals surface area contributed by atoms with Crippen molar-refractivity contribution in [3.05, 3.63) is 147 Å². The molecule has 71 heavy (non-hydrogen) atoms. The lowest BCUT2D eigenvalue weighted by Gasteiger charge is -2.46. The molecule has 0 heterocycles. The lowest BCUT2D eigenvalue weighted by atomic mass is 9.12. The minimum atomic E-state index is -6.13. The zero-order valence-electron chi connectivity index (χ0n) is 35.5. The maximum atomic E-state index is 14.2. The molecule has 2 nitrogen and oxygen atoms in total. The molecule has 5 aromatic carbocycles. The third-order valence-electron chi connectivity index (χ3n) is 10.2. The van der Waals surface area contributed by atoms with Crippen LogP contribution in [0, 0.1) is 0 Å². The Morgan fingerprint density at radius 1 is 0.366 bits per heavy atom. The Morgan fingerprint density at radius 2 is 0.563 bits per heavy atom. The van der Waals surface area contributed by atoms with Crippen LogP contribution in [-0.2, 0) is 69.3 Å². The van der Waals surface area contributed by atoms with Gasteiger partial charge in [-0.1, -0.05) is 60.7 Å². The third-order valence-corrected chi connectivity index (χ3v) is 11.2. The summed E-state index contributed by atoms with van der Waals surface area (Å²) >= 11 is 0. The van der Waals surface area contributed by atoms with Crippen molar-refractivity contribution in [2.24, 2.45) is 0 Å². The predicted octanol–water partition coefficient (Wildman–Crippen LogP) is 13.6. The van der Waals surface area contributed by atoms with Crippen LogP contribution in [0.25, 0.3) is 0 Å². The van der Waals surface area contributed by atoms with E-state index >= 15 is 0 Å². The van der Waals surface area contributed by atoms with Crippen LogP contribution in [-0.4, -0.2) is 25.3 Å². The van der Waals surface area contributed by atoms with E-state index in [1.54, 1.807) is 12.5 Å². The first-order chi connectivity index (χ1) is 31.8. The molecule has 0 radical (unpaired) electrons. The zero-order chi connectivity index (χ0) is 54.5. The normalized spacial score (nSPS) is 13.7. The molecule has 0 spiro atoms. The maximum Gasteiger partial charge on any atom is 0.416 e. The summed E-state index contributed by atoms with van der Waals surface area (Å²) in [6.07, 6.45) is -51.2. The van der Waals surface area contributed by atoms with E-state index in [4.69, 9.17) is 4.74 Å². The summed E-state index contributed by atoms with van der Waals surface area (Å²) in [5.74, 6) is 1.51. The molecule has 0 bridgehead atoms. The van der Waals surface area contributed by atoms with E-state index < -0.39 is 205 Å². The van der Waals surface area contributed by atoms with Crippen LogP contribution in [0.2, 0.25) is 0 Å². The molecule has 0 atom stereocenters. The molecule has 390 valence electrons. The van der Waals surface area contributed by atoms with Crippen LogP contribution in [0.4, 0.5) is 105 Å². The van der Waals surface area contributed by atoms with Gasteiger partial charge in [-0.05, 0) is 43.3 Å². The highest BCUT2D eigenvalue weighted by atomic mass is 32.2. The summed E-state index contributed by atoms with van der Waals surface area (Å²) in [6.45, 7) is 2.64. The smallest absolute Gasteiger partial charge is 0.416 e. The third kappa shape index (κ3) is 14.3. The summed E-state index contributed by atoms with van der Waals surface area (Å²) < 4.78 is 358. The van der Waals surface area contributed by atoms with Crippen LogP contribution in [0.15, 0.2) is 97.1 Å². The fourth-order valence-electron chi connectivity index (χ4n) is 7.32. The van der Waals surface area contributed by atoms with Gasteiger partial charge in [-0.15, -0.1) is 4.21 Å². The summed E-state index contributed by atoms with van der Waals surface area (Å²) in [6, 6.07) is -1.03. The monoisotopic (exact) mass is 1080 g/mol. The topological polar surface area (TPSA) is 26.3 Å². The lowest BCUT2D eigenvalue weighted by Crippen LogP contribution is -2.75. The van der Waals surface area contributed by atoms with Gasteiger partial charge in [-0.2, -0.15) is 127 Å². The molecule has 0 aliphatic carbocycles. The van der Waals surface area contributed by atoms with E-state index in [1.165, 1.54) is 0 Å². The molecule has 0 unspecified atom stereocenters. The standard InChI is InChI=1S/C32H12BF24.C11H17O2S/c34-25(35,36)13-1-14(26(37,38)39)6-21(5-13)33(22-7-15(27(40,41)42)2-16(8-22)28(43,44)45,23-9-17(29(46,47)48)3-18(10-23)30(49,50)51)24-11-19(31(52,53)54)4-20(12-24)32(55,56)57;1-4-13-11-7-5-10(6-8-11)9-14(2,3)12/h1-12H;5-8H,4,9H2,1-3H3/q-1;+1. The molecule has 0 aromatic heterocycles. The largest absolute Gasteiger partial charge is 0.494 e. The second kappa shape index (κ2) is 19.5. The molecule has 5 rings (SSSR count). The van der Waals surface area contributed by atoms with E-state index in [1.807, 2.05) is 31.2 Å². The fraction of sp³-hybridized carbons (Fsp3) is 0.302. The number of hydrogen-bond donors (Lipinski definition) is 0. The van der Waals surface area contributed by atoms with Gasteiger partial charge in [0.05, 0.1) is 61.0 Å². The Morgan fingerprint density at radius 3 is 0.718 bits per heavy atom. The first-order valence-electron chi connectivity index (χ1n) is 19.3. The van der Waals surface area contributed by atoms with Crippen LogP contribution >= 0.6 is 0 Å². The Bertz CT molecular complexity index is 2300. The van der Waals surface area contributed by atoms with Crippen LogP contribution in [0.5, 0.6) is 5.75 Å². The SMILES string of the molecule is CCOc1ccc(C[S+](C)(C)=O)cc1.FC(F)(F)c1cc([B-](c2cc(C(F)(F)F)cc(C(F)(F)F)c2)(c2cc(C(F)(F)F)cc(C(F)(F)F)c2)c2cc(C(F)(F)F)cc(C(F)(F)F)c2)cc(C(F)(F)F)c1. The van der Waals surface area contributed by atoms with Gasteiger partial charge >= 0.3 is 49.4 Å². The molecule has 0 aliphatic heterocycles. The second-order valence-corrected chi connectivity index (χ2v) is 19.0. The van der Waals surface area contributed by atoms with Crippen molar-refractivity contribution >= 4 is 37.9 Å². The number of hydrogen-bond acceptors (Lipinski definition) is 2. The number of alkyl halides is 24. The Hall–Kier alpha value is -5.57. The van der Waals surface area contributed by atoms with Gasteiger partial charge in [0.2, 0.25) is 0 Å². The summed E-state index contributed by atoms with van der Waals surface area (Å²) in [5, 5.41) is 0. The van der Waals surface area contributed by atoms with Gasteiger partial charge in [-0.3, -0.25) is 0 Å². The van der Waals surface area contributed by atoms with E-state index in [2.05, 4.69) is 0 Å². The van der Waals surface area contributed by atoms with Crippen molar-refractivity contribution in [2.45, 2.75) is 62.1 Å². The van der Waals surface area contributed by atoms with Gasteiger partial charge < -0.3 is 4.74 Å². The number of benzene rings is 5. The fourth-order valence-corrected chi connectivity index (χ4v) is 8.32. The van der Waals surface area contributed by atoms with Crippen molar-refractivity contribution in [1.29, 1.82) is 0 Å². The number of rotatable bonds is 8. The molecule has 5 aromatic rings. The Labute approximate surface area is 385 Å². The van der Waals surface area contributed by atoms with Crippen molar-refractivity contribution in [2.75, 3.05) is 19.1 Å². The average Bonchev–Trinajstić information content (AvgIpc) is 3.19. The minimum Gasteiger partial charge on any atom is -0.494 e. The quantitative estimate of drug-likeness (QED) is 0.0879. The van der Waals surface area contributed by atoms with Crippen LogP contribution in [0.1, 0.15) is 57.0 Å². The van der Waals surface area contributed by atoms with Gasteiger partial charge in [0.25, 0.3) is 0 Å².